The van der Waals surface area contributed by atoms with E-state index in [9.17, 15) is 8.42 Å². The fourth-order valence-corrected chi connectivity index (χ4v) is 4.70. The molecule has 5 heteroatoms. The molecule has 1 aliphatic heterocycles. The van der Waals surface area contributed by atoms with Crippen molar-refractivity contribution in [1.82, 2.24) is 0 Å². The van der Waals surface area contributed by atoms with Crippen molar-refractivity contribution >= 4 is 21.7 Å². The maximum absolute atomic E-state index is 11.6. The van der Waals surface area contributed by atoms with Crippen LogP contribution in [0.1, 0.15) is 50.3 Å². The van der Waals surface area contributed by atoms with Crippen LogP contribution >= 0.6 is 0 Å². The molecule has 1 aromatic carbocycles. The van der Waals surface area contributed by atoms with Crippen LogP contribution in [0.15, 0.2) is 17.1 Å². The van der Waals surface area contributed by atoms with Gasteiger partial charge in [0.05, 0.1) is 5.75 Å². The summed E-state index contributed by atoms with van der Waals surface area (Å²) in [5.74, 6) is 0.951. The molecule has 0 saturated carbocycles. The molecule has 24 heavy (non-hydrogen) atoms. The van der Waals surface area contributed by atoms with Crippen molar-refractivity contribution in [1.29, 1.82) is 0 Å². The first-order valence-electron chi connectivity index (χ1n) is 8.73. The Morgan fingerprint density at radius 2 is 2.04 bits per heavy atom. The molecule has 134 valence electrons. The second-order valence-electron chi connectivity index (χ2n) is 7.24. The molecule has 1 aromatic rings. The summed E-state index contributed by atoms with van der Waals surface area (Å²) in [5, 5.41) is 0. The molecular weight excluding hydrogens is 320 g/mol. The summed E-state index contributed by atoms with van der Waals surface area (Å²) in [6.07, 6.45) is 3.30. The van der Waals surface area contributed by atoms with Gasteiger partial charge in [0.15, 0.2) is 0 Å². The van der Waals surface area contributed by atoms with E-state index in [1.54, 1.807) is 0 Å². The van der Waals surface area contributed by atoms with Crippen LogP contribution in [0.3, 0.4) is 0 Å². The standard InChI is InChI=1S/C19H30N2O2S/c1-7-20-10-18-14(4)17(13(2)3)8-9-19(18)21-11-16(15(21)5)12-24(6,22)23/h8-10,13,15-16H,7,11-12H2,1-6H3/b20-10-/t15-,16-/m1/s1. The van der Waals surface area contributed by atoms with Gasteiger partial charge in [-0.25, -0.2) is 8.42 Å². The molecule has 1 aliphatic rings. The van der Waals surface area contributed by atoms with Crippen LogP contribution in [0.5, 0.6) is 0 Å². The van der Waals surface area contributed by atoms with Crippen LogP contribution in [0, 0.1) is 12.8 Å². The molecule has 1 fully saturated rings. The molecule has 0 unspecified atom stereocenters. The Labute approximate surface area is 146 Å². The van der Waals surface area contributed by atoms with Crippen molar-refractivity contribution in [3.63, 3.8) is 0 Å². The Morgan fingerprint density at radius 3 is 2.54 bits per heavy atom. The predicted molar refractivity (Wildman–Crippen MR) is 103 cm³/mol. The van der Waals surface area contributed by atoms with Gasteiger partial charge < -0.3 is 4.90 Å². The predicted octanol–water partition coefficient (Wildman–Crippen LogP) is 3.43. The third-order valence-electron chi connectivity index (χ3n) is 4.99. The third kappa shape index (κ3) is 4.00. The largest absolute Gasteiger partial charge is 0.368 e. The molecule has 0 amide bonds. The lowest BCUT2D eigenvalue weighted by molar-refractivity contribution is 0.341. The average Bonchev–Trinajstić information content (AvgIpc) is 2.48. The van der Waals surface area contributed by atoms with E-state index >= 15 is 0 Å². The number of anilines is 1. The average molecular weight is 351 g/mol. The minimum absolute atomic E-state index is 0.209. The van der Waals surface area contributed by atoms with Crippen LogP contribution in [0.2, 0.25) is 0 Å². The van der Waals surface area contributed by atoms with E-state index in [0.717, 1.165) is 13.1 Å². The zero-order valence-corrected chi connectivity index (χ0v) is 16.5. The molecule has 1 saturated heterocycles. The van der Waals surface area contributed by atoms with Gasteiger partial charge in [0.2, 0.25) is 0 Å². The first-order valence-corrected chi connectivity index (χ1v) is 10.8. The van der Waals surface area contributed by atoms with E-state index in [1.165, 1.54) is 28.6 Å². The molecule has 0 spiro atoms. The zero-order valence-electron chi connectivity index (χ0n) is 15.7. The normalized spacial score (nSPS) is 21.5. The van der Waals surface area contributed by atoms with E-state index in [2.05, 4.69) is 49.7 Å². The van der Waals surface area contributed by atoms with Crippen molar-refractivity contribution in [2.45, 2.75) is 46.6 Å². The second kappa shape index (κ2) is 7.26. The molecule has 0 bridgehead atoms. The van der Waals surface area contributed by atoms with Gasteiger partial charge in [0, 0.05) is 48.8 Å². The molecule has 1 heterocycles. The van der Waals surface area contributed by atoms with Gasteiger partial charge in [-0.1, -0.05) is 19.9 Å². The number of nitrogens with zero attached hydrogens (tertiary/aromatic N) is 2. The summed E-state index contributed by atoms with van der Waals surface area (Å²) in [6, 6.07) is 4.61. The zero-order chi connectivity index (χ0) is 18.1. The Bertz CT molecular complexity index is 723. The van der Waals surface area contributed by atoms with E-state index in [4.69, 9.17) is 0 Å². The molecular formula is C19H30N2O2S. The summed E-state index contributed by atoms with van der Waals surface area (Å²) in [4.78, 5) is 6.77. The van der Waals surface area contributed by atoms with Crippen LogP contribution in [-0.4, -0.2) is 45.8 Å². The van der Waals surface area contributed by atoms with Gasteiger partial charge in [-0.15, -0.1) is 0 Å². The van der Waals surface area contributed by atoms with Gasteiger partial charge in [0.1, 0.15) is 9.84 Å². The highest BCUT2D eigenvalue weighted by molar-refractivity contribution is 7.90. The number of sulfone groups is 1. The number of hydrogen-bond acceptors (Lipinski definition) is 4. The highest BCUT2D eigenvalue weighted by Gasteiger charge is 2.38. The van der Waals surface area contributed by atoms with Crippen LogP contribution in [0.4, 0.5) is 5.69 Å². The molecule has 4 nitrogen and oxygen atoms in total. The highest BCUT2D eigenvalue weighted by atomic mass is 32.2. The van der Waals surface area contributed by atoms with Crippen molar-refractivity contribution in [3.05, 3.63) is 28.8 Å². The van der Waals surface area contributed by atoms with Gasteiger partial charge in [-0.3, -0.25) is 4.99 Å². The number of hydrogen-bond donors (Lipinski definition) is 0. The number of rotatable bonds is 6. The van der Waals surface area contributed by atoms with Crippen molar-refractivity contribution in [2.24, 2.45) is 10.9 Å². The summed E-state index contributed by atoms with van der Waals surface area (Å²) in [5.41, 5.74) is 4.97. The molecule has 2 atom stereocenters. The summed E-state index contributed by atoms with van der Waals surface area (Å²) >= 11 is 0. The number of benzene rings is 1. The topological polar surface area (TPSA) is 49.7 Å². The van der Waals surface area contributed by atoms with E-state index in [0.29, 0.717) is 5.92 Å². The van der Waals surface area contributed by atoms with E-state index < -0.39 is 9.84 Å². The SMILES string of the molecule is CC/N=C\c1c(N2C[C@H](CS(C)(=O)=O)[C@H]2C)ccc(C(C)C)c1C. The van der Waals surface area contributed by atoms with E-state index in [-0.39, 0.29) is 17.7 Å². The lowest BCUT2D eigenvalue weighted by Crippen LogP contribution is -2.57. The Balaban J connectivity index is 2.34. The molecule has 0 radical (unpaired) electrons. The second-order valence-corrected chi connectivity index (χ2v) is 9.43. The van der Waals surface area contributed by atoms with Crippen LogP contribution in [0.25, 0.3) is 0 Å². The first kappa shape index (κ1) is 19.0. The fraction of sp³-hybridized carbons (Fsp3) is 0.632. The minimum atomic E-state index is -2.93. The van der Waals surface area contributed by atoms with Crippen molar-refractivity contribution in [3.8, 4) is 0 Å². The monoisotopic (exact) mass is 350 g/mol. The molecule has 0 N–H and O–H groups in total. The fourth-order valence-electron chi connectivity index (χ4n) is 3.54. The van der Waals surface area contributed by atoms with Gasteiger partial charge >= 0.3 is 0 Å². The van der Waals surface area contributed by atoms with E-state index in [1.807, 2.05) is 13.1 Å². The third-order valence-corrected chi connectivity index (χ3v) is 6.02. The first-order chi connectivity index (χ1) is 11.2. The molecule has 0 aromatic heterocycles. The Morgan fingerprint density at radius 1 is 1.38 bits per heavy atom. The van der Waals surface area contributed by atoms with Gasteiger partial charge in [-0.2, -0.15) is 0 Å². The Hall–Kier alpha value is -1.36. The van der Waals surface area contributed by atoms with Crippen molar-refractivity contribution < 1.29 is 8.42 Å². The van der Waals surface area contributed by atoms with Gasteiger partial charge in [0.25, 0.3) is 0 Å². The Kier molecular flexibility index (Phi) is 5.74. The van der Waals surface area contributed by atoms with Crippen molar-refractivity contribution in [2.75, 3.05) is 30.0 Å². The number of aliphatic imine (C=N–C) groups is 1. The lowest BCUT2D eigenvalue weighted by atomic mass is 9.87. The maximum Gasteiger partial charge on any atom is 0.147 e. The smallest absolute Gasteiger partial charge is 0.147 e. The quantitative estimate of drug-likeness (QED) is 0.739. The van der Waals surface area contributed by atoms with Gasteiger partial charge in [-0.05, 0) is 43.9 Å². The van der Waals surface area contributed by atoms with Crippen LogP contribution in [-0.2, 0) is 9.84 Å². The lowest BCUT2D eigenvalue weighted by Gasteiger charge is -2.48. The van der Waals surface area contributed by atoms with Crippen LogP contribution < -0.4 is 4.90 Å². The highest BCUT2D eigenvalue weighted by Crippen LogP contribution is 2.36. The summed E-state index contributed by atoms with van der Waals surface area (Å²) in [6.45, 7) is 12.3. The minimum Gasteiger partial charge on any atom is -0.368 e. The molecule has 0 aliphatic carbocycles. The summed E-state index contributed by atoms with van der Waals surface area (Å²) < 4.78 is 23.1. The maximum atomic E-state index is 11.6. The molecule has 2 rings (SSSR count). The summed E-state index contributed by atoms with van der Waals surface area (Å²) in [7, 11) is -2.93.